The third-order valence-electron chi connectivity index (χ3n) is 28.6. The molecule has 0 aromatic rings. The van der Waals surface area contributed by atoms with E-state index in [1.165, 1.54) is 110 Å². The first-order valence-corrected chi connectivity index (χ1v) is 39.0. The zero-order valence-corrected chi connectivity index (χ0v) is 64.6. The summed E-state index contributed by atoms with van der Waals surface area (Å²) in [7, 11) is -0.314. The molecule has 560 valence electrons. The van der Waals surface area contributed by atoms with Crippen LogP contribution >= 0.6 is 0 Å². The van der Waals surface area contributed by atoms with Crippen LogP contribution in [0.1, 0.15) is 271 Å². The lowest BCUT2D eigenvalue weighted by Crippen LogP contribution is -3.00. The van der Waals surface area contributed by atoms with Crippen molar-refractivity contribution in [1.29, 1.82) is 0 Å². The number of rotatable bonds is 25. The van der Waals surface area contributed by atoms with Gasteiger partial charge in [-0.1, -0.05) is 126 Å². The summed E-state index contributed by atoms with van der Waals surface area (Å²) < 4.78 is 39.2. The van der Waals surface area contributed by atoms with Crippen molar-refractivity contribution in [2.75, 3.05) is 7.05 Å². The van der Waals surface area contributed by atoms with E-state index in [1.54, 1.807) is 34.7 Å². The Morgan fingerprint density at radius 2 is 0.808 bits per heavy atom. The Bertz CT molecular complexity index is 2770. The molecular weight excluding hydrogens is 1280 g/mol. The molecule has 0 aromatic carbocycles. The predicted molar refractivity (Wildman–Crippen MR) is 384 cm³/mol. The van der Waals surface area contributed by atoms with Gasteiger partial charge in [-0.15, -0.1) is 0 Å². The molecule has 20 atom stereocenters. The number of ketones is 3. The monoisotopic (exact) mass is 1410 g/mol. The number of likely N-dealkylation sites (N-methyl/N-ethyl adjacent to an activating group) is 1. The van der Waals surface area contributed by atoms with Crippen molar-refractivity contribution < 1.29 is 84.3 Å². The molecule has 16 fully saturated rings. The first-order valence-electron chi connectivity index (χ1n) is 39.0. The standard InChI is InChI=1S/C22H36BNO4.C20H34BNO3.C17H29BO2.C12H22BNO4.C4H9NO2.ClH/c1-13(24-14(2)25)18(26)12-17(9-15-7-6-8-15)23-27-20-11-16-10-19(21(16,3)4)22(20,5)28-23;1-12(22)16(23)11-15(8-13-6-5-7-13)21-24-18-10-14-9-17(19(14,2)3)20(18,4)25-21;1-11(8-12-6-5-7-12)18-19-15-10-13-9-14(16(13,2)3)17(15,4)20-18;1-8(14-9(2)15)12(16)7-11(13(17)18)6-10-4-3-5-10;1-3(5-2)4(6)7;/h13,15-17,19-20H,6-12H2,1-5H3,(H,24,25);12-15,17-18H,5-11,22H2,1-4H3;11-15H,5-10H2,1-4H3;8,10-11,17-18H,3-7H2,1-2H3,(H,14,15);3,5H,1-2H3,(H,6,7);1H/p-1/t13?,16-,17+,19-,20+,22-;12?,14-,15+,17-,18+,20-;11-,13-,14-,15+,17-;8?,11-;;/m0001../s1. The van der Waals surface area contributed by atoms with Crippen LogP contribution in [-0.2, 0) is 56.7 Å². The van der Waals surface area contributed by atoms with Gasteiger partial charge < -0.3 is 77.2 Å². The fourth-order valence-electron chi connectivity index (χ4n) is 20.3. The Kier molecular flexibility index (Phi) is 27.5. The van der Waals surface area contributed by atoms with Gasteiger partial charge in [0.1, 0.15) is 11.8 Å². The Labute approximate surface area is 602 Å². The second kappa shape index (κ2) is 33.2. The van der Waals surface area contributed by atoms with Crippen LogP contribution in [0.15, 0.2) is 0 Å². The molecule has 16 aliphatic rings. The molecule has 16 rings (SSSR count). The van der Waals surface area contributed by atoms with Gasteiger partial charge in [0.25, 0.3) is 0 Å². The summed E-state index contributed by atoms with van der Waals surface area (Å²) in [6.07, 6.45) is 28.4. The number of nitrogens with two attached hydrogens (primary N) is 1. The minimum Gasteiger partial charge on any atom is -1.00 e. The second-order valence-electron chi connectivity index (χ2n) is 36.3. The maximum Gasteiger partial charge on any atom is 0.461 e. The van der Waals surface area contributed by atoms with Crippen molar-refractivity contribution in [1.82, 2.24) is 16.0 Å². The van der Waals surface area contributed by atoms with Gasteiger partial charge in [-0.3, -0.25) is 28.8 Å². The number of Topliss-reactive ketones (excluding diaryl/α,β-unsaturated/α-hetero) is 3. The summed E-state index contributed by atoms with van der Waals surface area (Å²) in [5, 5.41) is 34.6. The molecule has 0 spiro atoms. The number of hydrogen-bond acceptors (Lipinski definition) is 16. The van der Waals surface area contributed by atoms with Crippen molar-refractivity contribution in [2.45, 2.75) is 354 Å². The predicted octanol–water partition coefficient (Wildman–Crippen LogP) is 8.82. The Morgan fingerprint density at radius 1 is 0.485 bits per heavy atom. The highest BCUT2D eigenvalue weighted by molar-refractivity contribution is 6.48. The van der Waals surface area contributed by atoms with E-state index >= 15 is 0 Å². The SMILES string of the molecule is CC(=O)NC(C)C(=O)C[C@@H](CC1CCC1)B(O)O.CC(=O)NC(C)C(=O)C[C@@H](CC1CCC1)B1O[C@@H]2C[C@@H]3C[C@@H](C3(C)C)[C@]2(C)O1.CC(N)C(=O)C[C@@H](CC1CCC1)B1O[C@@H]2C[C@@H]3C[C@@H](C3(C)C)[C@]2(C)O1.CNC(C)C(=O)O.C[C@@H](CC1CCC1)B1O[C@@H]2C[C@@H]3C[C@@H](C3(C)C)[C@]2(C)O1.[Cl-]. The lowest BCUT2D eigenvalue weighted by molar-refractivity contribution is -0.199. The fourth-order valence-corrected chi connectivity index (χ4v) is 20.3. The fraction of sp³-hybridized carbons (Fsp3) is 0.920. The normalized spacial score (nSPS) is 35.2. The number of nitrogens with one attached hydrogen (secondary N) is 3. The van der Waals surface area contributed by atoms with Crippen molar-refractivity contribution in [3.63, 3.8) is 0 Å². The summed E-state index contributed by atoms with van der Waals surface area (Å²) in [4.78, 5) is 69.0. The molecule has 13 aliphatic carbocycles. The summed E-state index contributed by atoms with van der Waals surface area (Å²) in [5.74, 6) is 6.23. The maximum atomic E-state index is 12.8. The number of carboxylic acid groups (broad SMARTS) is 1. The molecule has 0 radical (unpaired) electrons. The van der Waals surface area contributed by atoms with Gasteiger partial charge in [-0.25, -0.2) is 0 Å². The van der Waals surface area contributed by atoms with E-state index in [1.807, 2.05) is 0 Å². The van der Waals surface area contributed by atoms with Crippen molar-refractivity contribution >= 4 is 63.6 Å². The van der Waals surface area contributed by atoms with Crippen molar-refractivity contribution in [2.24, 2.45) is 81.2 Å². The number of amides is 2. The Balaban J connectivity index is 0.000000164. The molecule has 13 saturated carbocycles. The largest absolute Gasteiger partial charge is 1.00 e. The zero-order valence-electron chi connectivity index (χ0n) is 63.8. The highest BCUT2D eigenvalue weighted by atomic mass is 35.5. The molecule has 19 nitrogen and oxygen atoms in total. The molecule has 0 aromatic heterocycles. The van der Waals surface area contributed by atoms with E-state index in [4.69, 9.17) is 38.8 Å². The minimum atomic E-state index is -1.46. The van der Waals surface area contributed by atoms with Gasteiger partial charge in [-0.05, 0) is 201 Å². The maximum absolute atomic E-state index is 12.8. The summed E-state index contributed by atoms with van der Waals surface area (Å²) in [6, 6.07) is -1.84. The van der Waals surface area contributed by atoms with Gasteiger partial charge in [0.15, 0.2) is 11.6 Å². The molecule has 2 amide bonds. The van der Waals surface area contributed by atoms with Gasteiger partial charge in [0.2, 0.25) is 11.8 Å². The van der Waals surface area contributed by atoms with E-state index in [0.717, 1.165) is 68.1 Å². The Hall–Kier alpha value is -2.43. The van der Waals surface area contributed by atoms with Crippen LogP contribution in [-0.4, -0.2) is 145 Å². The number of aliphatic carboxylic acids is 1. The molecule has 24 heteroatoms. The van der Waals surface area contributed by atoms with Gasteiger partial charge in [-0.2, -0.15) is 0 Å². The Morgan fingerprint density at radius 3 is 1.10 bits per heavy atom. The summed E-state index contributed by atoms with van der Waals surface area (Å²) in [6.45, 7) is 33.1. The first-order chi connectivity index (χ1) is 45.8. The topological polar surface area (TPSA) is 281 Å². The molecular formula is C75H130B4ClN4O15-. The summed E-state index contributed by atoms with van der Waals surface area (Å²) >= 11 is 0. The van der Waals surface area contributed by atoms with Crippen molar-refractivity contribution in [3.05, 3.63) is 0 Å². The van der Waals surface area contributed by atoms with Gasteiger partial charge in [0, 0.05) is 50.6 Å². The van der Waals surface area contributed by atoms with Crippen molar-refractivity contribution in [3.8, 4) is 0 Å². The average Bonchev–Trinajstić information content (AvgIpc) is 1.67. The number of hydrogen-bond donors (Lipinski definition) is 7. The smallest absolute Gasteiger partial charge is 0.461 e. The number of carbonyl (C=O) groups excluding carboxylic acids is 5. The van der Waals surface area contributed by atoms with E-state index in [0.29, 0.717) is 77.0 Å². The molecule has 6 bridgehead atoms. The van der Waals surface area contributed by atoms with E-state index in [9.17, 15) is 38.8 Å². The summed E-state index contributed by atoms with van der Waals surface area (Å²) in [5.41, 5.74) is 6.54. The molecule has 99 heavy (non-hydrogen) atoms. The highest BCUT2D eigenvalue weighted by Gasteiger charge is 2.71. The lowest BCUT2D eigenvalue weighted by Gasteiger charge is -2.64. The van der Waals surface area contributed by atoms with Gasteiger partial charge in [0.05, 0.1) is 53.2 Å². The van der Waals surface area contributed by atoms with E-state index < -0.39 is 43.1 Å². The second-order valence-corrected chi connectivity index (χ2v) is 36.3. The van der Waals surface area contributed by atoms with Crippen LogP contribution in [0.4, 0.5) is 0 Å². The highest BCUT2D eigenvalue weighted by Crippen LogP contribution is 2.69. The number of halogens is 1. The lowest BCUT2D eigenvalue weighted by atomic mass is 9.43. The molecule has 8 N–H and O–H groups in total. The zero-order chi connectivity index (χ0) is 71.9. The van der Waals surface area contributed by atoms with Crippen LogP contribution in [0.5, 0.6) is 0 Å². The molecule has 3 aliphatic heterocycles. The average molecular weight is 1410 g/mol. The van der Waals surface area contributed by atoms with Crippen LogP contribution in [0.3, 0.4) is 0 Å². The quantitative estimate of drug-likeness (QED) is 0.0420. The van der Waals surface area contributed by atoms with Crippen LogP contribution in [0, 0.1) is 75.4 Å². The number of carboxylic acids is 1. The van der Waals surface area contributed by atoms with Crippen LogP contribution < -0.4 is 34.1 Å². The number of carbonyl (C=O) groups is 6. The molecule has 4 unspecified atom stereocenters. The molecule has 3 saturated heterocycles. The van der Waals surface area contributed by atoms with Crippen LogP contribution in [0.25, 0.3) is 0 Å². The van der Waals surface area contributed by atoms with Gasteiger partial charge >= 0.3 is 34.4 Å². The third kappa shape index (κ3) is 18.2. The molecule has 3 heterocycles. The minimum absolute atomic E-state index is 0. The third-order valence-corrected chi connectivity index (χ3v) is 28.6. The van der Waals surface area contributed by atoms with Crippen LogP contribution in [0.2, 0.25) is 23.3 Å². The van der Waals surface area contributed by atoms with E-state index in [-0.39, 0.29) is 110 Å². The van der Waals surface area contributed by atoms with E-state index in [2.05, 4.69) is 85.2 Å². The first kappa shape index (κ1) is 82.2.